The fraction of sp³-hybridized carbons (Fsp3) is 0.875. The highest BCUT2D eigenvalue weighted by Gasteiger charge is 2.39. The minimum atomic E-state index is -0.685. The van der Waals surface area contributed by atoms with E-state index in [1.807, 2.05) is 20.8 Å². The summed E-state index contributed by atoms with van der Waals surface area (Å²) in [4.78, 5) is 38.2. The van der Waals surface area contributed by atoms with Crippen molar-refractivity contribution in [2.45, 2.75) is 103 Å². The van der Waals surface area contributed by atoms with Crippen molar-refractivity contribution in [2.75, 3.05) is 6.54 Å². The van der Waals surface area contributed by atoms with Crippen LogP contribution in [0.15, 0.2) is 0 Å². The Balaban J connectivity index is 1.80. The largest absolute Gasteiger partial charge is 0.444 e. The van der Waals surface area contributed by atoms with E-state index in [9.17, 15) is 14.4 Å². The first kappa shape index (κ1) is 23.9. The number of alkyl carbamates (subject to hydrolysis) is 1. The van der Waals surface area contributed by atoms with Gasteiger partial charge in [0, 0.05) is 6.54 Å². The second-order valence-corrected chi connectivity index (χ2v) is 10.9. The SMILES string of the molecule is C[C@@H]1NC(=O)[C@@H](NC(=O)OC(C)(C)C)[C@H]2CCC[C@@H](C2)[C@H]2CCC[C@H](CCNC1=O)C2. The molecule has 0 spiro atoms. The van der Waals surface area contributed by atoms with Crippen LogP contribution in [0.25, 0.3) is 0 Å². The summed E-state index contributed by atoms with van der Waals surface area (Å²) in [5.41, 5.74) is -0.637. The van der Waals surface area contributed by atoms with Crippen LogP contribution in [0.5, 0.6) is 0 Å². The molecule has 0 unspecified atom stereocenters. The zero-order valence-electron chi connectivity index (χ0n) is 19.7. The summed E-state index contributed by atoms with van der Waals surface area (Å²) in [6.45, 7) is 7.78. The van der Waals surface area contributed by atoms with E-state index in [1.165, 1.54) is 32.1 Å². The lowest BCUT2D eigenvalue weighted by Gasteiger charge is -2.41. The van der Waals surface area contributed by atoms with Crippen LogP contribution < -0.4 is 16.0 Å². The Morgan fingerprint density at radius 1 is 0.935 bits per heavy atom. The Morgan fingerprint density at radius 3 is 2.29 bits per heavy atom. The number of nitrogens with one attached hydrogen (secondary N) is 3. The van der Waals surface area contributed by atoms with Crippen molar-refractivity contribution >= 4 is 17.9 Å². The predicted octanol–water partition coefficient (Wildman–Crippen LogP) is 3.52. The molecule has 1 saturated heterocycles. The van der Waals surface area contributed by atoms with E-state index in [1.54, 1.807) is 6.92 Å². The van der Waals surface area contributed by atoms with Gasteiger partial charge in [-0.05, 0) is 77.0 Å². The van der Waals surface area contributed by atoms with Crippen molar-refractivity contribution in [3.05, 3.63) is 0 Å². The van der Waals surface area contributed by atoms with Gasteiger partial charge in [0.25, 0.3) is 0 Å². The Bertz CT molecular complexity index is 660. The van der Waals surface area contributed by atoms with Gasteiger partial charge in [-0.1, -0.05) is 32.1 Å². The normalized spacial score (nSPS) is 35.2. The van der Waals surface area contributed by atoms with Crippen molar-refractivity contribution < 1.29 is 19.1 Å². The van der Waals surface area contributed by atoms with Crippen LogP contribution in [-0.4, -0.2) is 42.1 Å². The molecule has 0 radical (unpaired) electrons. The molecule has 2 saturated carbocycles. The van der Waals surface area contributed by atoms with E-state index in [4.69, 9.17) is 4.74 Å². The van der Waals surface area contributed by atoms with Crippen LogP contribution in [0.4, 0.5) is 4.79 Å². The van der Waals surface area contributed by atoms with Gasteiger partial charge in [-0.3, -0.25) is 9.59 Å². The maximum atomic E-state index is 13.2. The molecule has 0 aromatic rings. The molecular formula is C24H41N3O4. The first-order valence-electron chi connectivity index (χ1n) is 12.2. The fourth-order valence-electron chi connectivity index (χ4n) is 5.77. The lowest BCUT2D eigenvalue weighted by atomic mass is 9.66. The van der Waals surface area contributed by atoms with E-state index < -0.39 is 23.8 Å². The molecule has 3 fully saturated rings. The summed E-state index contributed by atoms with van der Waals surface area (Å²) in [7, 11) is 0. The van der Waals surface area contributed by atoms with Gasteiger partial charge in [0.05, 0.1) is 0 Å². The quantitative estimate of drug-likeness (QED) is 0.587. The second-order valence-electron chi connectivity index (χ2n) is 10.9. The zero-order chi connectivity index (χ0) is 22.6. The molecule has 6 atom stereocenters. The minimum Gasteiger partial charge on any atom is -0.444 e. The van der Waals surface area contributed by atoms with Crippen molar-refractivity contribution in [1.29, 1.82) is 0 Å². The smallest absolute Gasteiger partial charge is 0.408 e. The number of rotatable bonds is 1. The van der Waals surface area contributed by atoms with Gasteiger partial charge < -0.3 is 20.7 Å². The standard InChI is InChI=1S/C24H41N3O4/c1-15-21(28)25-12-11-16-7-5-8-17(13-16)18-9-6-10-19(14-18)20(22(29)26-15)27-23(30)31-24(2,3)4/h15-20H,5-14H2,1-4H3,(H,25,28)(H,26,29)(H,27,30)/t15-,16+,17-,18-,19-,20-/m0/s1. The number of carbonyl (C=O) groups is 3. The topological polar surface area (TPSA) is 96.5 Å². The van der Waals surface area contributed by atoms with Crippen LogP contribution in [0.1, 0.15) is 85.5 Å². The number of fused-ring (bicyclic) bond motifs is 5. The third kappa shape index (κ3) is 6.84. The Hall–Kier alpha value is -1.79. The van der Waals surface area contributed by atoms with Crippen molar-refractivity contribution in [3.8, 4) is 0 Å². The van der Waals surface area contributed by atoms with Gasteiger partial charge in [-0.25, -0.2) is 4.79 Å². The van der Waals surface area contributed by atoms with Gasteiger partial charge in [0.2, 0.25) is 11.8 Å². The molecule has 1 aliphatic heterocycles. The molecule has 0 aromatic heterocycles. The molecule has 3 amide bonds. The Morgan fingerprint density at radius 2 is 1.58 bits per heavy atom. The summed E-state index contributed by atoms with van der Waals surface area (Å²) >= 11 is 0. The van der Waals surface area contributed by atoms with Gasteiger partial charge >= 0.3 is 6.09 Å². The molecule has 0 aromatic carbocycles. The Labute approximate surface area is 186 Å². The Kier molecular flexibility index (Phi) is 7.87. The highest BCUT2D eigenvalue weighted by Crippen LogP contribution is 2.43. The average molecular weight is 436 g/mol. The van der Waals surface area contributed by atoms with Crippen molar-refractivity contribution in [1.82, 2.24) is 16.0 Å². The maximum absolute atomic E-state index is 13.2. The molecule has 3 N–H and O–H groups in total. The monoisotopic (exact) mass is 435 g/mol. The van der Waals surface area contributed by atoms with Gasteiger partial charge in [0.15, 0.2) is 0 Å². The van der Waals surface area contributed by atoms with E-state index in [2.05, 4.69) is 16.0 Å². The summed E-state index contributed by atoms with van der Waals surface area (Å²) in [5.74, 6) is 1.55. The molecule has 3 rings (SSSR count). The van der Waals surface area contributed by atoms with Crippen LogP contribution >= 0.6 is 0 Å². The fourth-order valence-corrected chi connectivity index (χ4v) is 5.77. The molecule has 4 bridgehead atoms. The molecular weight excluding hydrogens is 394 g/mol. The number of hydrogen-bond acceptors (Lipinski definition) is 4. The zero-order valence-corrected chi connectivity index (χ0v) is 19.7. The number of amides is 3. The highest BCUT2D eigenvalue weighted by atomic mass is 16.6. The molecule has 3 aliphatic rings. The summed E-state index contributed by atoms with van der Waals surface area (Å²) in [6.07, 6.45) is 9.56. The van der Waals surface area contributed by atoms with Crippen molar-refractivity contribution in [2.24, 2.45) is 23.7 Å². The molecule has 31 heavy (non-hydrogen) atoms. The minimum absolute atomic E-state index is 0.0600. The van der Waals surface area contributed by atoms with Crippen LogP contribution in [0, 0.1) is 23.7 Å². The number of carbonyl (C=O) groups excluding carboxylic acids is 3. The number of hydrogen-bond donors (Lipinski definition) is 3. The summed E-state index contributed by atoms with van der Waals surface area (Å²) in [6, 6.07) is -1.33. The molecule has 1 heterocycles. The van der Waals surface area contributed by atoms with Crippen LogP contribution in [0.2, 0.25) is 0 Å². The van der Waals surface area contributed by atoms with E-state index in [0.29, 0.717) is 24.3 Å². The molecule has 176 valence electrons. The van der Waals surface area contributed by atoms with E-state index in [-0.39, 0.29) is 17.7 Å². The first-order valence-corrected chi connectivity index (χ1v) is 12.2. The van der Waals surface area contributed by atoms with Gasteiger partial charge in [-0.15, -0.1) is 0 Å². The maximum Gasteiger partial charge on any atom is 0.408 e. The average Bonchev–Trinajstić information content (AvgIpc) is 2.70. The van der Waals surface area contributed by atoms with Gasteiger partial charge in [0.1, 0.15) is 17.7 Å². The first-order chi connectivity index (χ1) is 14.6. The van der Waals surface area contributed by atoms with E-state index >= 15 is 0 Å². The van der Waals surface area contributed by atoms with E-state index in [0.717, 1.165) is 25.7 Å². The number of ether oxygens (including phenoxy) is 1. The van der Waals surface area contributed by atoms with Crippen LogP contribution in [0.3, 0.4) is 0 Å². The summed E-state index contributed by atoms with van der Waals surface area (Å²) < 4.78 is 5.44. The predicted molar refractivity (Wildman–Crippen MR) is 119 cm³/mol. The molecule has 7 heteroatoms. The van der Waals surface area contributed by atoms with Crippen molar-refractivity contribution in [3.63, 3.8) is 0 Å². The third-order valence-electron chi connectivity index (χ3n) is 7.28. The highest BCUT2D eigenvalue weighted by molar-refractivity contribution is 5.91. The third-order valence-corrected chi connectivity index (χ3v) is 7.28. The van der Waals surface area contributed by atoms with Gasteiger partial charge in [-0.2, -0.15) is 0 Å². The second kappa shape index (κ2) is 10.2. The molecule has 2 aliphatic carbocycles. The van der Waals surface area contributed by atoms with Crippen LogP contribution in [-0.2, 0) is 14.3 Å². The molecule has 7 nitrogen and oxygen atoms in total. The lowest BCUT2D eigenvalue weighted by Crippen LogP contribution is -2.56. The summed E-state index contributed by atoms with van der Waals surface area (Å²) in [5, 5.41) is 8.66. The lowest BCUT2D eigenvalue weighted by molar-refractivity contribution is -0.130.